The average molecular weight is 1670 g/mol. The van der Waals surface area contributed by atoms with Gasteiger partial charge < -0.3 is 44.4 Å². The highest BCUT2D eigenvalue weighted by Gasteiger charge is 2.33. The molecule has 115 heavy (non-hydrogen) atoms. The minimum atomic E-state index is -0.530. The fraction of sp³-hybridized carbons (Fsp3) is 0.319. The number of aromatic amines is 5. The Morgan fingerprint density at radius 3 is 1.38 bits per heavy atom. The van der Waals surface area contributed by atoms with Crippen LogP contribution < -0.4 is 31.3 Å². The monoisotopic (exact) mass is 1670 g/mol. The van der Waals surface area contributed by atoms with Crippen molar-refractivity contribution >= 4 is 123 Å². The molecular formula is C72H73F2N29O6S6. The molecule has 0 aromatic carbocycles. The van der Waals surface area contributed by atoms with E-state index in [1.54, 1.807) is 93.0 Å². The minimum Gasteiger partial charge on any atom is -0.481 e. The summed E-state index contributed by atoms with van der Waals surface area (Å²) in [6, 6.07) is 8.15. The quantitative estimate of drug-likeness (QED) is 0.0426. The molecule has 19 heterocycles. The molecular weight excluding hydrogens is 1600 g/mol. The van der Waals surface area contributed by atoms with Crippen LogP contribution in [0, 0.1) is 32.5 Å². The van der Waals surface area contributed by atoms with Crippen molar-refractivity contribution in [3.05, 3.63) is 161 Å². The lowest BCUT2D eigenvalue weighted by Gasteiger charge is -2.12. The summed E-state index contributed by atoms with van der Waals surface area (Å²) < 4.78 is 65.0. The molecule has 0 radical (unpaired) electrons. The predicted molar refractivity (Wildman–Crippen MR) is 431 cm³/mol. The molecule has 20 rings (SSSR count). The number of nitrogens with zero attached hydrogens (tertiary/aromatic N) is 19. The van der Waals surface area contributed by atoms with E-state index in [0.29, 0.717) is 77.3 Å². The summed E-state index contributed by atoms with van der Waals surface area (Å²) in [7, 11) is 3.30. The van der Waals surface area contributed by atoms with Gasteiger partial charge in [0, 0.05) is 64.0 Å². The molecule has 0 bridgehead atoms. The third kappa shape index (κ3) is 17.2. The number of halogens is 2. The molecule has 0 fully saturated rings. The van der Waals surface area contributed by atoms with Gasteiger partial charge in [0.25, 0.3) is 0 Å². The van der Waals surface area contributed by atoms with E-state index in [0.717, 1.165) is 164 Å². The third-order valence-corrected chi connectivity index (χ3v) is 23.9. The number of aryl methyl sites for hydroxylation is 4. The standard InChI is InChI=1S/C15H15FN6OS.C15H16N6O2S.C15H16N6OS.C14H12FN5OS.C13H14N6OS2/c1-3-10-12-8(4-18-22-12)13-11(6-23-10)24-15(20-13)21-14-17-5-9(16)7(2)19-14;1-3-9-12-8(6-17-21-12)13-10(7-23-9)24-15(19-13)20-14-16-5-4-11(18-14)22-2;1-8-5-6-16-14(18-8)20-15-19-13-9-7-17-21-12(9)10(22-2)3-4-11(13)23-15;1-7-12-8(5-16-20-12)13-9(6-21-7)22-14(19-13)18-11-4-2-3-10(15)17-11;1-3-8-10-7(4-14-18-10)11-9(5-20-8)21-13(16-11)17-12-15-6(2)22-19-12/h4-5,10H,3,6H2,1-2H3,(H,18,22)(H,17,19,20,21);4-6,9H,3,7H2,1-2H3,(H,17,21)(H,16,18,19,20);5-7,10H,3-4H2,1-2H3,(H,17,21)(H,16,18,19,20);2-5,7H,6H2,1H3,(H,16,20)(H,17,18,19);4,8H,3,5H2,1-2H3,(H,14,18)(H,16,17,19). The van der Waals surface area contributed by atoms with Crippen LogP contribution >= 0.6 is 68.2 Å². The summed E-state index contributed by atoms with van der Waals surface area (Å²) in [5, 5.41) is 55.8. The maximum atomic E-state index is 13.3. The van der Waals surface area contributed by atoms with Crippen molar-refractivity contribution in [2.24, 2.45) is 0 Å². The van der Waals surface area contributed by atoms with Gasteiger partial charge >= 0.3 is 0 Å². The van der Waals surface area contributed by atoms with Crippen LogP contribution in [0.25, 0.3) is 56.3 Å². The maximum Gasteiger partial charge on any atom is 0.241 e. The number of fused-ring (bicyclic) bond motifs is 15. The molecule has 15 aromatic rings. The molecule has 4 aliphatic heterocycles. The lowest BCUT2D eigenvalue weighted by molar-refractivity contribution is 0.0381. The number of aromatic nitrogens is 24. The second-order valence-electron chi connectivity index (χ2n) is 26.0. The molecule has 0 spiro atoms. The largest absolute Gasteiger partial charge is 0.481 e. The molecule has 592 valence electrons. The fourth-order valence-corrected chi connectivity index (χ4v) is 17.9. The fourth-order valence-electron chi connectivity index (χ4n) is 12.9. The number of hydrogen-bond acceptors (Lipinski definition) is 36. The Kier molecular flexibility index (Phi) is 23.4. The molecule has 5 unspecified atom stereocenters. The van der Waals surface area contributed by atoms with Crippen molar-refractivity contribution in [1.82, 2.24) is 120 Å². The number of thiazole rings is 5. The van der Waals surface area contributed by atoms with Gasteiger partial charge in [0.05, 0.1) is 183 Å². The number of pyridine rings is 1. The summed E-state index contributed by atoms with van der Waals surface area (Å²) in [5.41, 5.74) is 15.4. The smallest absolute Gasteiger partial charge is 0.241 e. The summed E-state index contributed by atoms with van der Waals surface area (Å²) >= 11 is 9.03. The average Bonchev–Trinajstić information content (AvgIpc) is 1.66. The Morgan fingerprint density at radius 2 is 0.904 bits per heavy atom. The van der Waals surface area contributed by atoms with Crippen molar-refractivity contribution in [2.75, 3.05) is 40.8 Å². The predicted octanol–water partition coefficient (Wildman–Crippen LogP) is 16.4. The first-order chi connectivity index (χ1) is 56.1. The van der Waals surface area contributed by atoms with Crippen molar-refractivity contribution in [3.8, 4) is 62.2 Å². The first-order valence-corrected chi connectivity index (χ1v) is 41.1. The Hall–Kier alpha value is -11.4. The summed E-state index contributed by atoms with van der Waals surface area (Å²) in [5.74, 6) is 1.87. The van der Waals surface area contributed by atoms with Crippen LogP contribution in [-0.4, -0.2) is 134 Å². The van der Waals surface area contributed by atoms with Gasteiger partial charge in [-0.15, -0.1) is 11.3 Å². The molecule has 1 aliphatic carbocycles. The van der Waals surface area contributed by atoms with Crippen molar-refractivity contribution in [1.29, 1.82) is 0 Å². The molecule has 0 saturated carbocycles. The zero-order chi connectivity index (χ0) is 79.2. The van der Waals surface area contributed by atoms with E-state index in [2.05, 4.69) is 158 Å². The zero-order valence-electron chi connectivity index (χ0n) is 62.9. The number of H-pyrrole nitrogens is 5. The van der Waals surface area contributed by atoms with Crippen LogP contribution in [0.2, 0.25) is 0 Å². The van der Waals surface area contributed by atoms with E-state index in [1.807, 2.05) is 39.2 Å². The number of rotatable bonds is 15. The van der Waals surface area contributed by atoms with Crippen molar-refractivity contribution in [3.63, 3.8) is 0 Å². The molecule has 15 aromatic heterocycles. The summed E-state index contributed by atoms with van der Waals surface area (Å²) in [6.45, 7) is 15.7. The molecule has 10 N–H and O–H groups in total. The topological polar surface area (TPSA) is 439 Å². The Balaban J connectivity index is 0.000000108. The van der Waals surface area contributed by atoms with Crippen LogP contribution in [0.4, 0.5) is 64.0 Å². The van der Waals surface area contributed by atoms with Gasteiger partial charge in [0.2, 0.25) is 35.6 Å². The number of ether oxygens (including phenoxy) is 6. The van der Waals surface area contributed by atoms with Gasteiger partial charge in [-0.25, -0.2) is 64.2 Å². The number of hydrogen-bond donors (Lipinski definition) is 10. The molecule has 43 heteroatoms. The van der Waals surface area contributed by atoms with E-state index < -0.39 is 11.8 Å². The van der Waals surface area contributed by atoms with Gasteiger partial charge in [-0.3, -0.25) is 36.1 Å². The Bertz CT molecular complexity index is 5860. The molecule has 0 amide bonds. The Morgan fingerprint density at radius 1 is 0.461 bits per heavy atom. The van der Waals surface area contributed by atoms with E-state index in [9.17, 15) is 8.78 Å². The van der Waals surface area contributed by atoms with Gasteiger partial charge in [-0.1, -0.05) is 72.2 Å². The Labute approximate surface area is 677 Å². The van der Waals surface area contributed by atoms with Crippen LogP contribution in [-0.2, 0) is 56.5 Å². The number of methoxy groups -OCH3 is 2. The second-order valence-corrected chi connectivity index (χ2v) is 32.3. The van der Waals surface area contributed by atoms with Crippen LogP contribution in [0.15, 0.2) is 79.9 Å². The highest BCUT2D eigenvalue weighted by Crippen LogP contribution is 2.46. The zero-order valence-corrected chi connectivity index (χ0v) is 67.8. The summed E-state index contributed by atoms with van der Waals surface area (Å²) in [6.07, 6.45) is 18.0. The maximum absolute atomic E-state index is 13.3. The van der Waals surface area contributed by atoms with E-state index in [1.165, 1.54) is 56.5 Å². The first kappa shape index (κ1) is 77.5. The normalized spacial score (nSPS) is 16.5. The van der Waals surface area contributed by atoms with Crippen LogP contribution in [0.3, 0.4) is 0 Å². The molecule has 5 atom stereocenters. The number of anilines is 10. The van der Waals surface area contributed by atoms with E-state index >= 15 is 0 Å². The molecule has 5 aliphatic rings. The van der Waals surface area contributed by atoms with Gasteiger partial charge in [0.15, 0.2) is 31.5 Å². The highest BCUT2D eigenvalue weighted by atomic mass is 32.1. The molecule has 0 saturated heterocycles. The first-order valence-electron chi connectivity index (χ1n) is 36.2. The van der Waals surface area contributed by atoms with Crippen LogP contribution in [0.1, 0.15) is 153 Å². The van der Waals surface area contributed by atoms with Crippen molar-refractivity contribution < 1.29 is 37.2 Å². The molecule has 35 nitrogen and oxygen atoms in total. The van der Waals surface area contributed by atoms with Crippen LogP contribution in [0.5, 0.6) is 5.88 Å². The van der Waals surface area contributed by atoms with E-state index in [-0.39, 0.29) is 36.2 Å². The highest BCUT2D eigenvalue weighted by molar-refractivity contribution is 7.17. The van der Waals surface area contributed by atoms with Crippen molar-refractivity contribution in [2.45, 2.75) is 138 Å². The van der Waals surface area contributed by atoms with Gasteiger partial charge in [0.1, 0.15) is 10.8 Å². The minimum absolute atomic E-state index is 0.0107. The van der Waals surface area contributed by atoms with Gasteiger partial charge in [-0.05, 0) is 89.5 Å². The lowest BCUT2D eigenvalue weighted by atomic mass is 10.1. The number of nitrogens with one attached hydrogen (secondary N) is 10. The summed E-state index contributed by atoms with van der Waals surface area (Å²) in [4.78, 5) is 61.8. The second kappa shape index (κ2) is 34.7. The lowest BCUT2D eigenvalue weighted by Crippen LogP contribution is -2.02. The third-order valence-electron chi connectivity index (χ3n) is 18.4. The SMILES string of the molecule is CC1OCc2sc(Nc3cccc(F)n3)nc2-c2cn[nH]c21.CCC1OCc2sc(Nc3ncc(F)c(C)n3)nc2-c2cn[nH]c21.CCC1OCc2sc(Nc3nccc(OC)n3)nc2-c2cn[nH]c21.CCC1OCc2sc(Nc3nsc(C)n3)nc2-c2cn[nH]c21.COC1CCc2sc(Nc3nccc(C)n3)nc2-c2cn[nH]c21. The van der Waals surface area contributed by atoms with E-state index in [4.69, 9.17) is 38.4 Å². The van der Waals surface area contributed by atoms with Gasteiger partial charge in [-0.2, -0.15) is 39.2 Å².